The number of amides is 1. The molecule has 1 saturated heterocycles. The van der Waals surface area contributed by atoms with Crippen molar-refractivity contribution in [3.8, 4) is 0 Å². The lowest BCUT2D eigenvalue weighted by Crippen LogP contribution is -2.50. The third-order valence-electron chi connectivity index (χ3n) is 3.95. The third kappa shape index (κ3) is 2.97. The summed E-state index contributed by atoms with van der Waals surface area (Å²) in [5.41, 5.74) is 0. The molecule has 2 N–H and O–H groups in total. The highest BCUT2D eigenvalue weighted by atomic mass is 16.3. The summed E-state index contributed by atoms with van der Waals surface area (Å²) in [4.78, 5) is 16.3. The van der Waals surface area contributed by atoms with Crippen molar-refractivity contribution in [3.05, 3.63) is 0 Å². The van der Waals surface area contributed by atoms with Crippen LogP contribution in [0.3, 0.4) is 0 Å². The van der Waals surface area contributed by atoms with Crippen LogP contribution in [0.5, 0.6) is 0 Å². The third-order valence-corrected chi connectivity index (χ3v) is 3.95. The molecule has 5 nitrogen and oxygen atoms in total. The van der Waals surface area contributed by atoms with Crippen molar-refractivity contribution in [2.45, 2.75) is 31.5 Å². The Morgan fingerprint density at radius 1 is 1.06 bits per heavy atom. The van der Waals surface area contributed by atoms with Crippen LogP contribution in [0, 0.1) is 5.92 Å². The fourth-order valence-corrected chi connectivity index (χ4v) is 2.64. The zero-order valence-corrected chi connectivity index (χ0v) is 10.4. The van der Waals surface area contributed by atoms with Crippen molar-refractivity contribution >= 4 is 5.91 Å². The second-order valence-corrected chi connectivity index (χ2v) is 5.27. The van der Waals surface area contributed by atoms with Crippen LogP contribution < -0.4 is 0 Å². The Hall–Kier alpha value is -0.650. The van der Waals surface area contributed by atoms with Gasteiger partial charge in [-0.1, -0.05) is 0 Å². The normalized spacial score (nSPS) is 35.9. The minimum atomic E-state index is -0.731. The van der Waals surface area contributed by atoms with Crippen molar-refractivity contribution < 1.29 is 15.0 Å². The number of piperazine rings is 1. The zero-order valence-electron chi connectivity index (χ0n) is 10.4. The fourth-order valence-electron chi connectivity index (χ4n) is 2.64. The fraction of sp³-hybridized carbons (Fsp3) is 0.917. The summed E-state index contributed by atoms with van der Waals surface area (Å²) in [6, 6.07) is 0. The largest absolute Gasteiger partial charge is 0.390 e. The van der Waals surface area contributed by atoms with Gasteiger partial charge in [0.25, 0.3) is 0 Å². The Bertz CT molecular complexity index is 277. The number of carbonyl (C=O) groups is 1. The smallest absolute Gasteiger partial charge is 0.225 e. The Labute approximate surface area is 102 Å². The molecule has 0 spiro atoms. The van der Waals surface area contributed by atoms with Crippen LogP contribution in [0.1, 0.15) is 19.3 Å². The average molecular weight is 242 g/mol. The molecule has 0 radical (unpaired) electrons. The molecule has 1 aliphatic heterocycles. The molecule has 1 saturated carbocycles. The van der Waals surface area contributed by atoms with Gasteiger partial charge in [-0.05, 0) is 26.3 Å². The van der Waals surface area contributed by atoms with Crippen LogP contribution in [-0.4, -0.2) is 71.4 Å². The van der Waals surface area contributed by atoms with Gasteiger partial charge in [0.1, 0.15) is 0 Å². The van der Waals surface area contributed by atoms with E-state index in [0.717, 1.165) is 26.2 Å². The molecule has 0 bridgehead atoms. The highest BCUT2D eigenvalue weighted by Crippen LogP contribution is 2.26. The Balaban J connectivity index is 1.87. The Morgan fingerprint density at radius 3 is 2.29 bits per heavy atom. The molecule has 17 heavy (non-hydrogen) atoms. The molecule has 1 heterocycles. The van der Waals surface area contributed by atoms with E-state index in [9.17, 15) is 15.0 Å². The molecule has 3 atom stereocenters. The van der Waals surface area contributed by atoms with Crippen LogP contribution in [0.15, 0.2) is 0 Å². The molecule has 2 fully saturated rings. The Morgan fingerprint density at radius 2 is 1.71 bits per heavy atom. The van der Waals surface area contributed by atoms with Crippen LogP contribution in [0.2, 0.25) is 0 Å². The molecule has 2 aliphatic rings. The van der Waals surface area contributed by atoms with Crippen molar-refractivity contribution in [1.29, 1.82) is 0 Å². The second kappa shape index (κ2) is 5.33. The molecule has 1 amide bonds. The number of hydrogen-bond acceptors (Lipinski definition) is 4. The van der Waals surface area contributed by atoms with Gasteiger partial charge in [-0.2, -0.15) is 0 Å². The molecule has 1 aliphatic carbocycles. The van der Waals surface area contributed by atoms with Gasteiger partial charge < -0.3 is 20.0 Å². The first kappa shape index (κ1) is 12.8. The summed E-state index contributed by atoms with van der Waals surface area (Å²) in [5.74, 6) is 0.0563. The summed E-state index contributed by atoms with van der Waals surface area (Å²) in [6.07, 6.45) is 0.262. The monoisotopic (exact) mass is 242 g/mol. The van der Waals surface area contributed by atoms with E-state index in [4.69, 9.17) is 0 Å². The molecule has 0 aromatic rings. The van der Waals surface area contributed by atoms with Gasteiger partial charge in [0, 0.05) is 32.1 Å². The zero-order chi connectivity index (χ0) is 12.4. The number of carbonyl (C=O) groups excluding carboxylic acids is 1. The number of nitrogens with zero attached hydrogens (tertiary/aromatic N) is 2. The van der Waals surface area contributed by atoms with E-state index in [1.54, 1.807) is 0 Å². The topological polar surface area (TPSA) is 64.0 Å². The van der Waals surface area contributed by atoms with Crippen molar-refractivity contribution in [1.82, 2.24) is 9.80 Å². The minimum Gasteiger partial charge on any atom is -0.390 e. The lowest BCUT2D eigenvalue weighted by atomic mass is 9.84. The number of aliphatic hydroxyl groups is 2. The van der Waals surface area contributed by atoms with Gasteiger partial charge in [0.2, 0.25) is 5.91 Å². The van der Waals surface area contributed by atoms with Gasteiger partial charge in [-0.3, -0.25) is 4.79 Å². The highest BCUT2D eigenvalue weighted by Gasteiger charge is 2.34. The van der Waals surface area contributed by atoms with Gasteiger partial charge >= 0.3 is 0 Å². The maximum Gasteiger partial charge on any atom is 0.225 e. The van der Waals surface area contributed by atoms with E-state index in [2.05, 4.69) is 11.9 Å². The maximum absolute atomic E-state index is 12.2. The first-order valence-corrected chi connectivity index (χ1v) is 6.41. The van der Waals surface area contributed by atoms with Crippen LogP contribution >= 0.6 is 0 Å². The minimum absolute atomic E-state index is 0.100. The van der Waals surface area contributed by atoms with E-state index in [-0.39, 0.29) is 11.8 Å². The van der Waals surface area contributed by atoms with Crippen LogP contribution in [0.4, 0.5) is 0 Å². The first-order chi connectivity index (χ1) is 8.08. The molecule has 2 rings (SSSR count). The van der Waals surface area contributed by atoms with E-state index in [0.29, 0.717) is 19.3 Å². The van der Waals surface area contributed by atoms with Gasteiger partial charge in [-0.15, -0.1) is 0 Å². The number of rotatable bonds is 1. The number of likely N-dealkylation sites (N-methyl/N-ethyl adjacent to an activating group) is 1. The van der Waals surface area contributed by atoms with E-state index >= 15 is 0 Å². The molecule has 98 valence electrons. The predicted octanol–water partition coefficient (Wildman–Crippen LogP) is -0.718. The summed E-state index contributed by atoms with van der Waals surface area (Å²) in [5, 5.41) is 19.0. The standard InChI is InChI=1S/C12H22N2O3/c1-13-4-6-14(7-5-13)12(17)9-2-3-10(15)11(16)8-9/h9-11,15-16H,2-8H2,1H3. The van der Waals surface area contributed by atoms with Gasteiger partial charge in [0.05, 0.1) is 12.2 Å². The van der Waals surface area contributed by atoms with Crippen LogP contribution in [0.25, 0.3) is 0 Å². The summed E-state index contributed by atoms with van der Waals surface area (Å²) in [7, 11) is 2.06. The molecular weight excluding hydrogens is 220 g/mol. The molecule has 0 aromatic heterocycles. The Kier molecular flexibility index (Phi) is 4.01. The van der Waals surface area contributed by atoms with E-state index in [1.807, 2.05) is 4.90 Å². The van der Waals surface area contributed by atoms with Gasteiger partial charge in [0.15, 0.2) is 0 Å². The molecule has 0 aromatic carbocycles. The van der Waals surface area contributed by atoms with Crippen molar-refractivity contribution in [2.24, 2.45) is 5.92 Å². The van der Waals surface area contributed by atoms with Crippen LogP contribution in [-0.2, 0) is 4.79 Å². The number of hydrogen-bond donors (Lipinski definition) is 2. The predicted molar refractivity (Wildman–Crippen MR) is 63.4 cm³/mol. The summed E-state index contributed by atoms with van der Waals surface area (Å²) < 4.78 is 0. The average Bonchev–Trinajstić information content (AvgIpc) is 2.33. The van der Waals surface area contributed by atoms with E-state index in [1.165, 1.54) is 0 Å². The van der Waals surface area contributed by atoms with Crippen molar-refractivity contribution in [2.75, 3.05) is 33.2 Å². The lowest BCUT2D eigenvalue weighted by molar-refractivity contribution is -0.141. The first-order valence-electron chi connectivity index (χ1n) is 6.41. The summed E-state index contributed by atoms with van der Waals surface area (Å²) in [6.45, 7) is 3.41. The molecule has 5 heteroatoms. The highest BCUT2D eigenvalue weighted by molar-refractivity contribution is 5.79. The van der Waals surface area contributed by atoms with E-state index < -0.39 is 12.2 Å². The second-order valence-electron chi connectivity index (χ2n) is 5.27. The lowest BCUT2D eigenvalue weighted by Gasteiger charge is -2.37. The SMILES string of the molecule is CN1CCN(C(=O)C2CCC(O)C(O)C2)CC1. The molecular formula is C12H22N2O3. The van der Waals surface area contributed by atoms with Gasteiger partial charge in [-0.25, -0.2) is 0 Å². The maximum atomic E-state index is 12.2. The van der Waals surface area contributed by atoms with Crippen molar-refractivity contribution in [3.63, 3.8) is 0 Å². The molecule has 3 unspecified atom stereocenters. The number of aliphatic hydroxyl groups excluding tert-OH is 2. The summed E-state index contributed by atoms with van der Waals surface area (Å²) >= 11 is 0. The quantitative estimate of drug-likeness (QED) is 0.637.